The van der Waals surface area contributed by atoms with E-state index in [4.69, 9.17) is 11.6 Å². The number of benzene rings is 1. The number of rotatable bonds is 3. The number of carbonyl (C=O) groups is 1. The first-order valence-electron chi connectivity index (χ1n) is 8.74. The normalized spacial score (nSPS) is 15.4. The Balaban J connectivity index is 1.42. The van der Waals surface area contributed by atoms with Crippen molar-refractivity contribution in [3.05, 3.63) is 53.2 Å². The molecule has 1 amide bonds. The van der Waals surface area contributed by atoms with Gasteiger partial charge in [0, 0.05) is 35.4 Å². The summed E-state index contributed by atoms with van der Waals surface area (Å²) in [5.74, 6) is 0.922. The summed E-state index contributed by atoms with van der Waals surface area (Å²) in [5, 5.41) is 12.2. The van der Waals surface area contributed by atoms with E-state index >= 15 is 0 Å². The molecule has 1 N–H and O–H groups in total. The summed E-state index contributed by atoms with van der Waals surface area (Å²) in [7, 11) is 0. The molecule has 0 bridgehead atoms. The lowest BCUT2D eigenvalue weighted by Crippen LogP contribution is -2.39. The molecule has 6 nitrogen and oxygen atoms in total. The summed E-state index contributed by atoms with van der Waals surface area (Å²) in [6.45, 7) is 3.62. The maximum absolute atomic E-state index is 12.5. The Morgan fingerprint density at radius 3 is 2.58 bits per heavy atom. The number of pyridine rings is 1. The number of hydrogen-bond donors (Lipinski definition) is 1. The van der Waals surface area contributed by atoms with E-state index in [-0.39, 0.29) is 11.8 Å². The summed E-state index contributed by atoms with van der Waals surface area (Å²) in [5.41, 5.74) is 2.73. The number of fused-ring (bicyclic) bond motifs is 1. The summed E-state index contributed by atoms with van der Waals surface area (Å²) in [4.78, 5) is 14.7. The molecule has 4 rings (SSSR count). The molecule has 2 aromatic heterocycles. The van der Waals surface area contributed by atoms with Gasteiger partial charge in [0.15, 0.2) is 5.65 Å². The molecule has 0 unspecified atom stereocenters. The average molecular weight is 370 g/mol. The third-order valence-corrected chi connectivity index (χ3v) is 5.12. The molecule has 1 fully saturated rings. The molecule has 1 aliphatic heterocycles. The number of anilines is 2. The van der Waals surface area contributed by atoms with E-state index < -0.39 is 0 Å². The lowest BCUT2D eigenvalue weighted by molar-refractivity contribution is -0.120. The van der Waals surface area contributed by atoms with Crippen molar-refractivity contribution in [3.8, 4) is 0 Å². The van der Waals surface area contributed by atoms with Crippen molar-refractivity contribution in [1.82, 2.24) is 14.6 Å². The standard InChI is InChI=1S/C19H20ClN5O/c1-13-3-2-4-17-22-23-19(25(13)17)24-11-9-14(10-12-24)18(26)21-16-7-5-15(20)6-8-16/h2-8,14H,9-12H2,1H3,(H,21,26). The third kappa shape index (κ3) is 3.24. The van der Waals surface area contributed by atoms with Crippen molar-refractivity contribution < 1.29 is 4.79 Å². The van der Waals surface area contributed by atoms with Crippen LogP contribution < -0.4 is 10.2 Å². The number of nitrogens with zero attached hydrogens (tertiary/aromatic N) is 4. The molecule has 0 spiro atoms. The molecular weight excluding hydrogens is 350 g/mol. The molecule has 3 heterocycles. The van der Waals surface area contributed by atoms with E-state index in [0.717, 1.165) is 48.9 Å². The van der Waals surface area contributed by atoms with Crippen LogP contribution in [-0.2, 0) is 4.79 Å². The van der Waals surface area contributed by atoms with Crippen LogP contribution in [0.3, 0.4) is 0 Å². The first-order valence-corrected chi connectivity index (χ1v) is 9.12. The molecular formula is C19H20ClN5O. The fourth-order valence-electron chi connectivity index (χ4n) is 3.41. The molecule has 0 atom stereocenters. The number of halogens is 1. The Labute approximate surface area is 156 Å². The van der Waals surface area contributed by atoms with Crippen LogP contribution in [0.1, 0.15) is 18.5 Å². The van der Waals surface area contributed by atoms with Gasteiger partial charge in [0.25, 0.3) is 0 Å². The quantitative estimate of drug-likeness (QED) is 0.767. The second-order valence-corrected chi connectivity index (χ2v) is 7.05. The fraction of sp³-hybridized carbons (Fsp3) is 0.316. The van der Waals surface area contributed by atoms with Gasteiger partial charge >= 0.3 is 0 Å². The van der Waals surface area contributed by atoms with Crippen LogP contribution in [0.2, 0.25) is 5.02 Å². The van der Waals surface area contributed by atoms with Gasteiger partial charge in [-0.15, -0.1) is 10.2 Å². The predicted molar refractivity (Wildman–Crippen MR) is 103 cm³/mol. The summed E-state index contributed by atoms with van der Waals surface area (Å²) in [6.07, 6.45) is 1.58. The van der Waals surface area contributed by atoms with E-state index in [1.807, 2.05) is 37.3 Å². The van der Waals surface area contributed by atoms with Crippen molar-refractivity contribution in [2.75, 3.05) is 23.3 Å². The summed E-state index contributed by atoms with van der Waals surface area (Å²) in [6, 6.07) is 13.2. The predicted octanol–water partition coefficient (Wildman–Crippen LogP) is 3.55. The zero-order chi connectivity index (χ0) is 18.1. The molecule has 1 saturated heterocycles. The van der Waals surface area contributed by atoms with Gasteiger partial charge in [0.05, 0.1) is 0 Å². The number of amides is 1. The van der Waals surface area contributed by atoms with Crippen LogP contribution >= 0.6 is 11.6 Å². The molecule has 7 heteroatoms. The highest BCUT2D eigenvalue weighted by atomic mass is 35.5. The molecule has 1 aliphatic rings. The Kier molecular flexibility index (Phi) is 4.51. The first-order chi connectivity index (χ1) is 12.6. The highest BCUT2D eigenvalue weighted by Crippen LogP contribution is 2.25. The second kappa shape index (κ2) is 6.96. The molecule has 3 aromatic rings. The number of aryl methyl sites for hydroxylation is 1. The topological polar surface area (TPSA) is 62.5 Å². The Morgan fingerprint density at radius 2 is 1.85 bits per heavy atom. The SMILES string of the molecule is Cc1cccc2nnc(N3CCC(C(=O)Nc4ccc(Cl)cc4)CC3)n12. The zero-order valence-corrected chi connectivity index (χ0v) is 15.3. The van der Waals surface area contributed by atoms with E-state index in [1.54, 1.807) is 12.1 Å². The van der Waals surface area contributed by atoms with Gasteiger partial charge in [-0.2, -0.15) is 0 Å². The fourth-order valence-corrected chi connectivity index (χ4v) is 3.53. The van der Waals surface area contributed by atoms with Gasteiger partial charge in [-0.05, 0) is 56.2 Å². The average Bonchev–Trinajstić information content (AvgIpc) is 3.09. The highest BCUT2D eigenvalue weighted by Gasteiger charge is 2.27. The Hall–Kier alpha value is -2.60. The minimum Gasteiger partial charge on any atom is -0.341 e. The number of hydrogen-bond acceptors (Lipinski definition) is 4. The van der Waals surface area contributed by atoms with Crippen LogP contribution in [0.15, 0.2) is 42.5 Å². The van der Waals surface area contributed by atoms with Crippen molar-refractivity contribution in [2.24, 2.45) is 5.92 Å². The molecule has 0 aliphatic carbocycles. The van der Waals surface area contributed by atoms with E-state index in [0.29, 0.717) is 5.02 Å². The van der Waals surface area contributed by atoms with E-state index in [1.165, 1.54) is 0 Å². The van der Waals surface area contributed by atoms with Crippen molar-refractivity contribution in [2.45, 2.75) is 19.8 Å². The lowest BCUT2D eigenvalue weighted by Gasteiger charge is -2.31. The highest BCUT2D eigenvalue weighted by molar-refractivity contribution is 6.30. The van der Waals surface area contributed by atoms with Crippen LogP contribution in [0.4, 0.5) is 11.6 Å². The van der Waals surface area contributed by atoms with Gasteiger partial charge < -0.3 is 10.2 Å². The molecule has 1 aromatic carbocycles. The first kappa shape index (κ1) is 16.8. The van der Waals surface area contributed by atoms with Gasteiger partial charge in [-0.1, -0.05) is 17.7 Å². The van der Waals surface area contributed by atoms with Crippen LogP contribution in [0, 0.1) is 12.8 Å². The summed E-state index contributed by atoms with van der Waals surface area (Å²) < 4.78 is 2.06. The van der Waals surface area contributed by atoms with Crippen molar-refractivity contribution in [1.29, 1.82) is 0 Å². The maximum Gasteiger partial charge on any atom is 0.231 e. The van der Waals surface area contributed by atoms with Crippen molar-refractivity contribution >= 4 is 34.8 Å². The minimum absolute atomic E-state index is 0.00205. The van der Waals surface area contributed by atoms with E-state index in [9.17, 15) is 4.79 Å². The molecule has 0 radical (unpaired) electrons. The lowest BCUT2D eigenvalue weighted by atomic mass is 9.96. The summed E-state index contributed by atoms with van der Waals surface area (Å²) >= 11 is 5.88. The van der Waals surface area contributed by atoms with Crippen molar-refractivity contribution in [3.63, 3.8) is 0 Å². The number of nitrogens with one attached hydrogen (secondary N) is 1. The Bertz CT molecular complexity index is 929. The molecule has 0 saturated carbocycles. The Morgan fingerprint density at radius 1 is 1.12 bits per heavy atom. The monoisotopic (exact) mass is 369 g/mol. The van der Waals surface area contributed by atoms with Crippen LogP contribution in [0.25, 0.3) is 5.65 Å². The largest absolute Gasteiger partial charge is 0.341 e. The van der Waals surface area contributed by atoms with Gasteiger partial charge in [0.2, 0.25) is 11.9 Å². The molecule has 26 heavy (non-hydrogen) atoms. The number of aromatic nitrogens is 3. The molecule has 134 valence electrons. The van der Waals surface area contributed by atoms with Gasteiger partial charge in [-0.25, -0.2) is 0 Å². The number of piperidine rings is 1. The minimum atomic E-state index is 0.00205. The van der Waals surface area contributed by atoms with E-state index in [2.05, 4.69) is 24.8 Å². The van der Waals surface area contributed by atoms with Crippen LogP contribution in [-0.4, -0.2) is 33.6 Å². The van der Waals surface area contributed by atoms with Gasteiger partial charge in [-0.3, -0.25) is 9.20 Å². The third-order valence-electron chi connectivity index (χ3n) is 4.87. The van der Waals surface area contributed by atoms with Gasteiger partial charge in [0.1, 0.15) is 0 Å². The number of carbonyl (C=O) groups excluding carboxylic acids is 1. The zero-order valence-electron chi connectivity index (χ0n) is 14.5. The smallest absolute Gasteiger partial charge is 0.231 e. The second-order valence-electron chi connectivity index (χ2n) is 6.62. The maximum atomic E-state index is 12.5. The van der Waals surface area contributed by atoms with Crippen LogP contribution in [0.5, 0.6) is 0 Å².